The third-order valence-electron chi connectivity index (χ3n) is 5.62. The molecule has 1 unspecified atom stereocenters. The van der Waals surface area contributed by atoms with Crippen LogP contribution in [0.3, 0.4) is 0 Å². The summed E-state index contributed by atoms with van der Waals surface area (Å²) in [5.41, 5.74) is 2.35. The van der Waals surface area contributed by atoms with Gasteiger partial charge < -0.3 is 19.5 Å². The molecule has 0 spiro atoms. The number of nitrogens with one attached hydrogen (secondary N) is 1. The van der Waals surface area contributed by atoms with Gasteiger partial charge in [0.1, 0.15) is 6.10 Å². The topological polar surface area (TPSA) is 46.5 Å². The number of amides is 1. The summed E-state index contributed by atoms with van der Waals surface area (Å²) in [4.78, 5) is 15.0. The van der Waals surface area contributed by atoms with Crippen LogP contribution in [0.1, 0.15) is 37.3 Å². The summed E-state index contributed by atoms with van der Waals surface area (Å²) in [6, 6.07) is 7.36. The smallest absolute Gasteiger partial charge is 0.253 e. The fraction of sp³-hybridized carbons (Fsp3) is 0.550. The van der Waals surface area contributed by atoms with Crippen LogP contribution in [0, 0.1) is 0 Å². The van der Waals surface area contributed by atoms with Crippen LogP contribution in [0.5, 0.6) is 0 Å². The fourth-order valence-corrected chi connectivity index (χ4v) is 4.15. The van der Waals surface area contributed by atoms with E-state index in [1.165, 1.54) is 18.4 Å². The van der Waals surface area contributed by atoms with Crippen LogP contribution in [0.4, 0.5) is 0 Å². The second kappa shape index (κ2) is 6.55. The normalized spacial score (nSPS) is 23.3. The number of halogens is 1. The Morgan fingerprint density at radius 3 is 2.85 bits per heavy atom. The lowest BCUT2D eigenvalue weighted by Crippen LogP contribution is -2.49. The van der Waals surface area contributed by atoms with E-state index in [1.54, 1.807) is 0 Å². The van der Waals surface area contributed by atoms with Gasteiger partial charge >= 0.3 is 0 Å². The van der Waals surface area contributed by atoms with Gasteiger partial charge in [-0.2, -0.15) is 0 Å². The fourth-order valence-electron chi connectivity index (χ4n) is 3.89. The average Bonchev–Trinajstić information content (AvgIpc) is 3.58. The highest BCUT2D eigenvalue weighted by Gasteiger charge is 2.37. The number of carbonyl (C=O) groups is 1. The number of aromatic nitrogens is 1. The molecule has 2 heterocycles. The zero-order chi connectivity index (χ0) is 17.7. The number of hydrogen-bond donors (Lipinski definition) is 1. The highest BCUT2D eigenvalue weighted by atomic mass is 35.5. The minimum Gasteiger partial charge on any atom is -0.366 e. The van der Waals surface area contributed by atoms with Crippen molar-refractivity contribution in [1.29, 1.82) is 0 Å². The Hall–Kier alpha value is -1.56. The molecule has 2 aromatic rings. The predicted octanol–water partition coefficient (Wildman–Crippen LogP) is 3.11. The van der Waals surface area contributed by atoms with Gasteiger partial charge in [-0.25, -0.2) is 0 Å². The van der Waals surface area contributed by atoms with Crippen LogP contribution < -0.4 is 5.32 Å². The highest BCUT2D eigenvalue weighted by molar-refractivity contribution is 6.35. The molecule has 1 N–H and O–H groups in total. The van der Waals surface area contributed by atoms with E-state index in [0.717, 1.165) is 35.4 Å². The number of fused-ring (bicyclic) bond motifs is 1. The zero-order valence-corrected chi connectivity index (χ0v) is 15.5. The van der Waals surface area contributed by atoms with E-state index in [2.05, 4.69) is 34.3 Å². The zero-order valence-electron chi connectivity index (χ0n) is 14.8. The van der Waals surface area contributed by atoms with Crippen LogP contribution in [0.25, 0.3) is 10.9 Å². The number of benzene rings is 1. The van der Waals surface area contributed by atoms with Crippen molar-refractivity contribution < 1.29 is 9.53 Å². The van der Waals surface area contributed by atoms with E-state index in [0.29, 0.717) is 31.8 Å². The molecule has 2 saturated carbocycles. The molecule has 1 amide bonds. The Morgan fingerprint density at radius 1 is 1.31 bits per heavy atom. The van der Waals surface area contributed by atoms with Crippen molar-refractivity contribution in [3.8, 4) is 0 Å². The molecular weight excluding hydrogens is 350 g/mol. The molecule has 0 radical (unpaired) electrons. The quantitative estimate of drug-likeness (QED) is 0.876. The summed E-state index contributed by atoms with van der Waals surface area (Å²) in [6.45, 7) is 2.69. The van der Waals surface area contributed by atoms with Gasteiger partial charge in [0, 0.05) is 43.3 Å². The highest BCUT2D eigenvalue weighted by Crippen LogP contribution is 2.40. The molecule has 1 aromatic heterocycles. The van der Waals surface area contributed by atoms with Crippen LogP contribution >= 0.6 is 11.6 Å². The predicted molar refractivity (Wildman–Crippen MR) is 101 cm³/mol. The third kappa shape index (κ3) is 3.13. The molecule has 5 nitrogen and oxygen atoms in total. The van der Waals surface area contributed by atoms with E-state index >= 15 is 0 Å². The maximum atomic E-state index is 13.0. The molecule has 6 heteroatoms. The number of ether oxygens (including phenoxy) is 1. The summed E-state index contributed by atoms with van der Waals surface area (Å²) < 4.78 is 8.00. The molecular formula is C20H24ClN3O2. The van der Waals surface area contributed by atoms with Crippen molar-refractivity contribution in [3.05, 3.63) is 35.0 Å². The van der Waals surface area contributed by atoms with Crippen molar-refractivity contribution in [2.24, 2.45) is 0 Å². The molecule has 1 aliphatic heterocycles. The molecule has 2 aliphatic carbocycles. The molecule has 5 rings (SSSR count). The van der Waals surface area contributed by atoms with E-state index in [9.17, 15) is 4.79 Å². The minimum absolute atomic E-state index is 0.121. The van der Waals surface area contributed by atoms with Gasteiger partial charge in [-0.15, -0.1) is 0 Å². The van der Waals surface area contributed by atoms with Crippen LogP contribution in [-0.2, 0) is 16.1 Å². The van der Waals surface area contributed by atoms with E-state index < -0.39 is 0 Å². The summed E-state index contributed by atoms with van der Waals surface area (Å²) in [5, 5.41) is 5.18. The maximum Gasteiger partial charge on any atom is 0.253 e. The summed E-state index contributed by atoms with van der Waals surface area (Å²) in [5.74, 6) is 0.121. The van der Waals surface area contributed by atoms with Gasteiger partial charge in [-0.05, 0) is 37.3 Å². The third-order valence-corrected chi connectivity index (χ3v) is 5.92. The van der Waals surface area contributed by atoms with Crippen molar-refractivity contribution in [2.45, 2.75) is 50.4 Å². The van der Waals surface area contributed by atoms with Gasteiger partial charge in [-0.3, -0.25) is 4.79 Å². The Bertz CT molecular complexity index is 835. The summed E-state index contributed by atoms with van der Waals surface area (Å²) in [6.07, 6.45) is 6.35. The lowest BCUT2D eigenvalue weighted by Gasteiger charge is -2.30. The van der Waals surface area contributed by atoms with Gasteiger partial charge in [0.05, 0.1) is 17.1 Å². The van der Waals surface area contributed by atoms with Crippen molar-refractivity contribution >= 4 is 28.4 Å². The lowest BCUT2D eigenvalue weighted by atomic mass is 10.1. The first-order valence-corrected chi connectivity index (χ1v) is 10.0. The number of nitrogens with zero attached hydrogens (tertiary/aromatic N) is 2. The Balaban J connectivity index is 1.41. The number of rotatable bonds is 5. The molecule has 1 aromatic carbocycles. The van der Waals surface area contributed by atoms with Gasteiger partial charge in [-0.1, -0.05) is 23.7 Å². The second-order valence-electron chi connectivity index (χ2n) is 7.73. The molecule has 3 aliphatic rings. The molecule has 1 atom stereocenters. The number of hydrogen-bond acceptors (Lipinski definition) is 3. The van der Waals surface area contributed by atoms with Crippen LogP contribution in [0.15, 0.2) is 24.4 Å². The molecule has 138 valence electrons. The van der Waals surface area contributed by atoms with Crippen LogP contribution in [0.2, 0.25) is 5.02 Å². The van der Waals surface area contributed by atoms with Gasteiger partial charge in [0.25, 0.3) is 5.91 Å². The molecule has 0 bridgehead atoms. The van der Waals surface area contributed by atoms with E-state index in [4.69, 9.17) is 16.3 Å². The van der Waals surface area contributed by atoms with Crippen molar-refractivity contribution in [3.63, 3.8) is 0 Å². The first-order valence-electron chi connectivity index (χ1n) is 9.62. The second-order valence-corrected chi connectivity index (χ2v) is 8.14. The average molecular weight is 374 g/mol. The van der Waals surface area contributed by atoms with Gasteiger partial charge in [0.15, 0.2) is 0 Å². The van der Waals surface area contributed by atoms with Crippen molar-refractivity contribution in [2.75, 3.05) is 19.7 Å². The molecule has 1 saturated heterocycles. The van der Waals surface area contributed by atoms with Crippen molar-refractivity contribution in [1.82, 2.24) is 14.8 Å². The Morgan fingerprint density at radius 2 is 2.15 bits per heavy atom. The standard InChI is InChI=1S/C20H24ClN3O2/c21-17-12-23(14-2-3-14)18-9-13(1-6-16(17)18)11-24(15-4-5-15)20(25)19-10-22-7-8-26-19/h1,6,9,12,14-15,19,22H,2-5,7-8,10-11H2. The first-order chi connectivity index (χ1) is 12.7. The largest absolute Gasteiger partial charge is 0.366 e. The minimum atomic E-state index is -0.349. The monoisotopic (exact) mass is 373 g/mol. The SMILES string of the molecule is O=C(C1CNCCO1)N(Cc1ccc2c(Cl)cn(C3CC3)c2c1)C1CC1. The van der Waals surface area contributed by atoms with Gasteiger partial charge in [0.2, 0.25) is 0 Å². The number of carbonyl (C=O) groups excluding carboxylic acids is 1. The summed E-state index contributed by atoms with van der Waals surface area (Å²) in [7, 11) is 0. The van der Waals surface area contributed by atoms with E-state index in [1.807, 2.05) is 4.90 Å². The molecule has 3 fully saturated rings. The Labute approximate surface area is 158 Å². The van der Waals surface area contributed by atoms with E-state index in [-0.39, 0.29) is 12.0 Å². The van der Waals surface area contributed by atoms with Crippen LogP contribution in [-0.4, -0.2) is 47.2 Å². The number of morpholine rings is 1. The maximum absolute atomic E-state index is 13.0. The summed E-state index contributed by atoms with van der Waals surface area (Å²) >= 11 is 6.41. The molecule has 26 heavy (non-hydrogen) atoms. The lowest BCUT2D eigenvalue weighted by molar-refractivity contribution is -0.146. The first kappa shape index (κ1) is 16.6. The Kier molecular flexibility index (Phi) is 4.18.